The Kier molecular flexibility index (Phi) is 8.79. The van der Waals surface area contributed by atoms with Crippen LogP contribution in [0.4, 0.5) is 0 Å². The number of hydrogen-bond acceptors (Lipinski definition) is 4. The van der Waals surface area contributed by atoms with E-state index in [0.29, 0.717) is 11.4 Å². The molecule has 0 bridgehead atoms. The third kappa shape index (κ3) is 7.14. The zero-order valence-corrected chi connectivity index (χ0v) is 23.4. The van der Waals surface area contributed by atoms with Gasteiger partial charge >= 0.3 is 0 Å². The number of aryl methyl sites for hydroxylation is 1. The molecule has 3 aromatic carbocycles. The normalized spacial score (nSPS) is 17.1. The molecule has 0 radical (unpaired) electrons. The largest absolute Gasteiger partial charge is 0.388 e. The van der Waals surface area contributed by atoms with Crippen molar-refractivity contribution in [2.45, 2.75) is 63.9 Å². The second-order valence-electron chi connectivity index (χ2n) is 10.7. The summed E-state index contributed by atoms with van der Waals surface area (Å²) < 4.78 is 12.2. The van der Waals surface area contributed by atoms with Crippen LogP contribution in [0.2, 0.25) is 5.02 Å². The molecule has 0 saturated carbocycles. The maximum atomic E-state index is 11.1. The minimum Gasteiger partial charge on any atom is -0.388 e. The quantitative estimate of drug-likeness (QED) is 0.231. The summed E-state index contributed by atoms with van der Waals surface area (Å²) in [5.41, 5.74) is 5.50. The van der Waals surface area contributed by atoms with Crippen LogP contribution in [0.15, 0.2) is 78.9 Å². The van der Waals surface area contributed by atoms with E-state index in [1.165, 1.54) is 5.56 Å². The molecule has 1 N–H and O–H groups in total. The summed E-state index contributed by atoms with van der Waals surface area (Å²) in [4.78, 5) is 4.70. The fourth-order valence-corrected chi connectivity index (χ4v) is 5.40. The maximum absolute atomic E-state index is 11.1. The number of benzene rings is 3. The lowest BCUT2D eigenvalue weighted by atomic mass is 9.89. The lowest BCUT2D eigenvalue weighted by molar-refractivity contribution is -0.219. The van der Waals surface area contributed by atoms with Crippen LogP contribution in [0.25, 0.3) is 23.1 Å². The highest BCUT2D eigenvalue weighted by Gasteiger charge is 2.29. The second kappa shape index (κ2) is 12.4. The van der Waals surface area contributed by atoms with E-state index >= 15 is 0 Å². The number of ether oxygens (including phenoxy) is 2. The van der Waals surface area contributed by atoms with E-state index in [9.17, 15) is 5.11 Å². The van der Waals surface area contributed by atoms with Crippen LogP contribution >= 0.6 is 11.6 Å². The maximum Gasteiger partial charge on any atom is 0.158 e. The van der Waals surface area contributed by atoms with Crippen LogP contribution in [-0.4, -0.2) is 23.0 Å². The van der Waals surface area contributed by atoms with Gasteiger partial charge in [-0.05, 0) is 98.5 Å². The topological polar surface area (TPSA) is 51.6 Å². The SMILES string of the molecule is CC(C)(OC1CCCCO1)c1ccccc1CCC(O)c1cccc(/C=C/c2ccc3ccc(Cl)cc3n2)c1. The Bertz CT molecular complexity index is 1440. The van der Waals surface area contributed by atoms with Crippen molar-refractivity contribution in [3.8, 4) is 0 Å². The van der Waals surface area contributed by atoms with Crippen molar-refractivity contribution >= 4 is 34.7 Å². The number of aliphatic hydroxyl groups is 1. The highest BCUT2D eigenvalue weighted by atomic mass is 35.5. The fourth-order valence-electron chi connectivity index (χ4n) is 5.23. The predicted molar refractivity (Wildman–Crippen MR) is 160 cm³/mol. The van der Waals surface area contributed by atoms with E-state index in [1.807, 2.05) is 66.7 Å². The van der Waals surface area contributed by atoms with Crippen LogP contribution in [0.5, 0.6) is 0 Å². The minimum atomic E-state index is -0.571. The van der Waals surface area contributed by atoms with Crippen molar-refractivity contribution in [2.24, 2.45) is 0 Å². The Morgan fingerprint density at radius 2 is 1.87 bits per heavy atom. The van der Waals surface area contributed by atoms with E-state index in [0.717, 1.165) is 65.6 Å². The highest BCUT2D eigenvalue weighted by Crippen LogP contribution is 2.33. The molecule has 0 aliphatic carbocycles. The van der Waals surface area contributed by atoms with Crippen molar-refractivity contribution in [3.63, 3.8) is 0 Å². The molecule has 2 heterocycles. The molecule has 39 heavy (non-hydrogen) atoms. The van der Waals surface area contributed by atoms with Gasteiger partial charge in [0, 0.05) is 17.0 Å². The van der Waals surface area contributed by atoms with E-state index in [1.54, 1.807) is 0 Å². The first-order chi connectivity index (χ1) is 18.9. The number of hydrogen-bond donors (Lipinski definition) is 1. The second-order valence-corrected chi connectivity index (χ2v) is 11.1. The molecule has 1 aliphatic rings. The van der Waals surface area contributed by atoms with Gasteiger partial charge < -0.3 is 14.6 Å². The van der Waals surface area contributed by atoms with E-state index in [-0.39, 0.29) is 6.29 Å². The molecule has 5 rings (SSSR count). The molecule has 0 amide bonds. The molecule has 1 aliphatic heterocycles. The summed E-state index contributed by atoms with van der Waals surface area (Å²) >= 11 is 6.13. The molecule has 2 unspecified atom stereocenters. The molecule has 4 aromatic rings. The highest BCUT2D eigenvalue weighted by molar-refractivity contribution is 6.31. The van der Waals surface area contributed by atoms with Gasteiger partial charge in [-0.1, -0.05) is 72.3 Å². The molecule has 1 fully saturated rings. The Labute approximate surface area is 236 Å². The monoisotopic (exact) mass is 541 g/mol. The fraction of sp³-hybridized carbons (Fsp3) is 0.324. The lowest BCUT2D eigenvalue weighted by Crippen LogP contribution is -2.33. The number of rotatable bonds is 9. The smallest absolute Gasteiger partial charge is 0.158 e. The first kappa shape index (κ1) is 27.5. The van der Waals surface area contributed by atoms with Gasteiger partial charge in [0.15, 0.2) is 6.29 Å². The van der Waals surface area contributed by atoms with Gasteiger partial charge in [-0.15, -0.1) is 0 Å². The van der Waals surface area contributed by atoms with Crippen molar-refractivity contribution in [2.75, 3.05) is 6.61 Å². The van der Waals surface area contributed by atoms with Crippen molar-refractivity contribution < 1.29 is 14.6 Å². The van der Waals surface area contributed by atoms with Crippen LogP contribution in [-0.2, 0) is 21.5 Å². The first-order valence-electron chi connectivity index (χ1n) is 13.8. The van der Waals surface area contributed by atoms with Gasteiger partial charge in [-0.25, -0.2) is 4.98 Å². The number of halogens is 1. The minimum absolute atomic E-state index is 0.161. The van der Waals surface area contributed by atoms with Gasteiger partial charge in [-0.3, -0.25) is 0 Å². The van der Waals surface area contributed by atoms with Crippen molar-refractivity contribution in [3.05, 3.63) is 112 Å². The van der Waals surface area contributed by atoms with E-state index in [2.05, 4.69) is 38.1 Å². The Morgan fingerprint density at radius 3 is 2.72 bits per heavy atom. The summed E-state index contributed by atoms with van der Waals surface area (Å²) in [6.07, 6.45) is 7.81. The molecular formula is C34H36ClNO3. The van der Waals surface area contributed by atoms with Crippen LogP contribution in [0.3, 0.4) is 0 Å². The number of aromatic nitrogens is 1. The van der Waals surface area contributed by atoms with Gasteiger partial charge in [0.2, 0.25) is 0 Å². The summed E-state index contributed by atoms with van der Waals surface area (Å²) in [6, 6.07) is 26.2. The molecule has 1 saturated heterocycles. The third-order valence-electron chi connectivity index (χ3n) is 7.33. The van der Waals surface area contributed by atoms with Gasteiger partial charge in [0.25, 0.3) is 0 Å². The summed E-state index contributed by atoms with van der Waals surface area (Å²) in [7, 11) is 0. The molecule has 2 atom stereocenters. The predicted octanol–water partition coefficient (Wildman–Crippen LogP) is 8.50. The van der Waals surface area contributed by atoms with Crippen molar-refractivity contribution in [1.82, 2.24) is 4.98 Å². The zero-order valence-electron chi connectivity index (χ0n) is 22.6. The zero-order chi connectivity index (χ0) is 27.2. The average molecular weight is 542 g/mol. The molecule has 1 aromatic heterocycles. The van der Waals surface area contributed by atoms with E-state index in [4.69, 9.17) is 26.1 Å². The number of nitrogens with zero attached hydrogens (tertiary/aromatic N) is 1. The van der Waals surface area contributed by atoms with Gasteiger partial charge in [-0.2, -0.15) is 0 Å². The molecular weight excluding hydrogens is 506 g/mol. The Morgan fingerprint density at radius 1 is 1.03 bits per heavy atom. The van der Waals surface area contributed by atoms with Gasteiger partial charge in [0.1, 0.15) is 0 Å². The molecule has 5 heteroatoms. The molecule has 0 spiro atoms. The summed E-state index contributed by atoms with van der Waals surface area (Å²) in [5.74, 6) is 0. The Balaban J connectivity index is 1.25. The molecule has 4 nitrogen and oxygen atoms in total. The summed E-state index contributed by atoms with van der Waals surface area (Å²) in [6.45, 7) is 4.97. The Hall–Kier alpha value is -3.02. The number of aliphatic hydroxyl groups excluding tert-OH is 1. The average Bonchev–Trinajstić information content (AvgIpc) is 2.95. The third-order valence-corrected chi connectivity index (χ3v) is 7.57. The van der Waals surface area contributed by atoms with Crippen LogP contribution in [0, 0.1) is 0 Å². The summed E-state index contributed by atoms with van der Waals surface area (Å²) in [5, 5.41) is 12.8. The molecule has 202 valence electrons. The van der Waals surface area contributed by atoms with Crippen molar-refractivity contribution in [1.29, 1.82) is 0 Å². The lowest BCUT2D eigenvalue weighted by Gasteiger charge is -2.34. The van der Waals surface area contributed by atoms with E-state index < -0.39 is 11.7 Å². The number of fused-ring (bicyclic) bond motifs is 1. The standard InChI is InChI=1S/C34H36ClNO3/c1-34(2,39-33-12-5-6-21-38-33)30-11-4-3-9-25(30)16-20-32(37)27-10-7-8-24(22-27)13-18-29-19-15-26-14-17-28(35)23-31(26)36-29/h3-4,7-11,13-15,17-19,22-23,32-33,37H,5-6,12,16,20-21H2,1-2H3/b18-13+. The van der Waals surface area contributed by atoms with Gasteiger partial charge in [0.05, 0.1) is 22.9 Å². The van der Waals surface area contributed by atoms with Crippen LogP contribution in [0.1, 0.15) is 73.6 Å². The number of pyridine rings is 1. The first-order valence-corrected chi connectivity index (χ1v) is 14.2. The van der Waals surface area contributed by atoms with Crippen LogP contribution < -0.4 is 0 Å².